The molecule has 0 aromatic rings. The molecule has 8 heavy (non-hydrogen) atoms. The maximum Gasteiger partial charge on any atom is 0.122 e. The molecule has 0 saturated carbocycles. The number of nitrogens with one attached hydrogen (secondary N) is 1. The van der Waals surface area contributed by atoms with Gasteiger partial charge in [-0.25, -0.2) is 0 Å². The molecular weight excluding hydrogens is 108 g/mol. The monoisotopic (exact) mass is 118 g/mol. The molecule has 4 nitrogen and oxygen atoms in total. The number of hydrogen-bond donors (Lipinski definition) is 4. The lowest BCUT2D eigenvalue weighted by Gasteiger charge is -2.08. The van der Waals surface area contributed by atoms with Gasteiger partial charge < -0.3 is 15.9 Å². The van der Waals surface area contributed by atoms with E-state index < -0.39 is 18.4 Å². The van der Waals surface area contributed by atoms with E-state index in [0.29, 0.717) is 6.54 Å². The lowest BCUT2D eigenvalue weighted by atomic mass is 10.2. The highest BCUT2D eigenvalue weighted by molar-refractivity contribution is 4.86. The van der Waals surface area contributed by atoms with Gasteiger partial charge in [0.2, 0.25) is 0 Å². The Bertz CT molecular complexity index is 78.1. The summed E-state index contributed by atoms with van der Waals surface area (Å²) in [7, 11) is 0. The first-order valence-electron chi connectivity index (χ1n) is 2.57. The van der Waals surface area contributed by atoms with Crippen LogP contribution < -0.4 is 11.1 Å². The van der Waals surface area contributed by atoms with E-state index in [1.807, 2.05) is 0 Å². The van der Waals surface area contributed by atoms with E-state index in [4.69, 9.17) is 15.9 Å². The molecule has 1 aliphatic heterocycles. The van der Waals surface area contributed by atoms with Crippen LogP contribution in [-0.2, 0) is 0 Å². The number of rotatable bonds is 0. The highest BCUT2D eigenvalue weighted by Gasteiger charge is 2.29. The van der Waals surface area contributed by atoms with Crippen LogP contribution in [0.1, 0.15) is 0 Å². The Labute approximate surface area is 47.3 Å². The molecule has 1 fully saturated rings. The van der Waals surface area contributed by atoms with Gasteiger partial charge in [0.25, 0.3) is 0 Å². The molecule has 0 spiro atoms. The quantitative estimate of drug-likeness (QED) is 0.286. The van der Waals surface area contributed by atoms with Gasteiger partial charge in [0.15, 0.2) is 0 Å². The molecule has 1 aliphatic rings. The lowest BCUT2D eigenvalue weighted by Crippen LogP contribution is -2.40. The minimum absolute atomic E-state index is 0.391. The first-order valence-corrected chi connectivity index (χ1v) is 2.57. The summed E-state index contributed by atoms with van der Waals surface area (Å²) in [5.41, 5.74) is 5.26. The minimum atomic E-state index is -0.731. The molecule has 1 heterocycles. The van der Waals surface area contributed by atoms with Gasteiger partial charge in [-0.15, -0.1) is 0 Å². The van der Waals surface area contributed by atoms with Crippen LogP contribution >= 0.6 is 0 Å². The third-order valence-electron chi connectivity index (χ3n) is 1.35. The molecule has 0 aromatic carbocycles. The van der Waals surface area contributed by atoms with Gasteiger partial charge in [0.05, 0.1) is 12.1 Å². The number of β-amino-alcohol motifs (C(OH)–C–C–N with tert-alkyl or cyclic N) is 1. The predicted octanol–water partition coefficient (Wildman–Crippen LogP) is -2.40. The average molecular weight is 118 g/mol. The van der Waals surface area contributed by atoms with Crippen molar-refractivity contribution >= 4 is 0 Å². The Morgan fingerprint density at radius 2 is 2.12 bits per heavy atom. The summed E-state index contributed by atoms with van der Waals surface area (Å²) in [6.45, 7) is 0.391. The molecule has 48 valence electrons. The topological polar surface area (TPSA) is 78.5 Å². The molecule has 1 unspecified atom stereocenters. The van der Waals surface area contributed by atoms with Crippen LogP contribution in [0.15, 0.2) is 0 Å². The third kappa shape index (κ3) is 0.830. The summed E-state index contributed by atoms with van der Waals surface area (Å²) in [6, 6.07) is -0.519. The number of aliphatic hydroxyl groups excluding tert-OH is 2. The molecule has 1 saturated heterocycles. The molecule has 1 rings (SSSR count). The lowest BCUT2D eigenvalue weighted by molar-refractivity contribution is 0.105. The van der Waals surface area contributed by atoms with Crippen molar-refractivity contribution in [2.45, 2.75) is 18.4 Å². The van der Waals surface area contributed by atoms with E-state index >= 15 is 0 Å². The fourth-order valence-electron chi connectivity index (χ4n) is 0.724. The van der Waals surface area contributed by atoms with E-state index in [2.05, 4.69) is 5.32 Å². The Morgan fingerprint density at radius 1 is 1.50 bits per heavy atom. The van der Waals surface area contributed by atoms with Crippen molar-refractivity contribution in [2.24, 2.45) is 5.73 Å². The molecular formula is C4H10N2O2. The van der Waals surface area contributed by atoms with Crippen molar-refractivity contribution in [3.8, 4) is 0 Å². The van der Waals surface area contributed by atoms with Crippen LogP contribution in [0.5, 0.6) is 0 Å². The molecule has 0 radical (unpaired) electrons. The van der Waals surface area contributed by atoms with Crippen molar-refractivity contribution in [1.82, 2.24) is 5.32 Å². The predicted molar refractivity (Wildman–Crippen MR) is 28.0 cm³/mol. The van der Waals surface area contributed by atoms with Gasteiger partial charge in [-0.3, -0.25) is 5.32 Å². The average Bonchev–Trinajstić information content (AvgIpc) is 1.98. The zero-order valence-electron chi connectivity index (χ0n) is 4.41. The third-order valence-corrected chi connectivity index (χ3v) is 1.35. The van der Waals surface area contributed by atoms with Gasteiger partial charge >= 0.3 is 0 Å². The summed E-state index contributed by atoms with van der Waals surface area (Å²) in [5.74, 6) is 0. The van der Waals surface area contributed by atoms with Crippen molar-refractivity contribution in [3.63, 3.8) is 0 Å². The number of nitrogens with two attached hydrogens (primary N) is 1. The van der Waals surface area contributed by atoms with E-state index in [1.165, 1.54) is 0 Å². The van der Waals surface area contributed by atoms with Gasteiger partial charge in [-0.05, 0) is 0 Å². The zero-order valence-corrected chi connectivity index (χ0v) is 4.41. The maximum atomic E-state index is 8.82. The second-order valence-corrected chi connectivity index (χ2v) is 2.00. The normalized spacial score (nSPS) is 47.6. The van der Waals surface area contributed by atoms with Crippen LogP contribution in [0.25, 0.3) is 0 Å². The second-order valence-electron chi connectivity index (χ2n) is 2.00. The Hall–Kier alpha value is -0.160. The fourth-order valence-corrected chi connectivity index (χ4v) is 0.724. The fraction of sp³-hybridized carbons (Fsp3) is 1.00. The standard InChI is InChI=1S/C4H10N2O2/c5-3-2(7)1-6-4(3)8/h2-4,6-8H,1,5H2/t2-,3+,4?/m1/s1. The minimum Gasteiger partial charge on any atom is -0.390 e. The Kier molecular flexibility index (Phi) is 1.48. The van der Waals surface area contributed by atoms with Gasteiger partial charge in [0, 0.05) is 6.54 Å². The van der Waals surface area contributed by atoms with Crippen LogP contribution in [0.3, 0.4) is 0 Å². The summed E-state index contributed by atoms with van der Waals surface area (Å²) in [4.78, 5) is 0. The Balaban J connectivity index is 2.44. The van der Waals surface area contributed by atoms with Crippen LogP contribution in [0.2, 0.25) is 0 Å². The van der Waals surface area contributed by atoms with Gasteiger partial charge in [-0.2, -0.15) is 0 Å². The van der Waals surface area contributed by atoms with Gasteiger partial charge in [-0.1, -0.05) is 0 Å². The summed E-state index contributed by atoms with van der Waals surface area (Å²) < 4.78 is 0. The van der Waals surface area contributed by atoms with Crippen LogP contribution in [0, 0.1) is 0 Å². The smallest absolute Gasteiger partial charge is 0.122 e. The van der Waals surface area contributed by atoms with E-state index in [9.17, 15) is 0 Å². The second kappa shape index (κ2) is 1.99. The van der Waals surface area contributed by atoms with Crippen LogP contribution in [0.4, 0.5) is 0 Å². The highest BCUT2D eigenvalue weighted by atomic mass is 16.3. The number of hydrogen-bond acceptors (Lipinski definition) is 4. The first kappa shape index (κ1) is 5.97. The zero-order chi connectivity index (χ0) is 6.15. The summed E-state index contributed by atoms with van der Waals surface area (Å²) >= 11 is 0. The van der Waals surface area contributed by atoms with Crippen molar-refractivity contribution in [1.29, 1.82) is 0 Å². The molecule has 5 N–H and O–H groups in total. The van der Waals surface area contributed by atoms with Crippen molar-refractivity contribution in [2.75, 3.05) is 6.54 Å². The van der Waals surface area contributed by atoms with E-state index in [-0.39, 0.29) is 0 Å². The van der Waals surface area contributed by atoms with Crippen LogP contribution in [-0.4, -0.2) is 35.1 Å². The highest BCUT2D eigenvalue weighted by Crippen LogP contribution is 2.00. The molecule has 0 amide bonds. The molecule has 4 heteroatoms. The Morgan fingerprint density at radius 3 is 2.25 bits per heavy atom. The van der Waals surface area contributed by atoms with Crippen molar-refractivity contribution in [3.05, 3.63) is 0 Å². The van der Waals surface area contributed by atoms with Crippen molar-refractivity contribution < 1.29 is 10.2 Å². The molecule has 0 aromatic heterocycles. The number of aliphatic hydroxyl groups is 2. The maximum absolute atomic E-state index is 8.82. The largest absolute Gasteiger partial charge is 0.390 e. The molecule has 0 bridgehead atoms. The summed E-state index contributed by atoms with van der Waals surface area (Å²) in [5, 5.41) is 20.2. The molecule has 3 atom stereocenters. The molecule has 0 aliphatic carbocycles. The SMILES string of the molecule is N[C@@H]1C(O)NC[C@H]1O. The van der Waals surface area contributed by atoms with E-state index in [1.54, 1.807) is 0 Å². The van der Waals surface area contributed by atoms with Gasteiger partial charge in [0.1, 0.15) is 6.23 Å². The summed E-state index contributed by atoms with van der Waals surface area (Å²) in [6.07, 6.45) is -1.32. The first-order chi connectivity index (χ1) is 3.72. The van der Waals surface area contributed by atoms with E-state index in [0.717, 1.165) is 0 Å².